The molecule has 0 saturated carbocycles. The molecule has 4 aliphatic heterocycles. The monoisotopic (exact) mass is 753 g/mol. The second kappa shape index (κ2) is 15.1. The van der Waals surface area contributed by atoms with Crippen molar-refractivity contribution in [3.63, 3.8) is 0 Å². The van der Waals surface area contributed by atoms with Crippen LogP contribution >= 0.6 is 0 Å². The number of carbonyl (C=O) groups is 1. The molecule has 292 valence electrons. The smallest absolute Gasteiger partial charge is 0.418 e. The molecule has 0 aliphatic carbocycles. The summed E-state index contributed by atoms with van der Waals surface area (Å²) < 4.78 is 64.6. The zero-order valence-corrected chi connectivity index (χ0v) is 31.8. The van der Waals surface area contributed by atoms with Gasteiger partial charge in [0.2, 0.25) is 0 Å². The summed E-state index contributed by atoms with van der Waals surface area (Å²) in [5.74, 6) is 0.619. The molecule has 3 fully saturated rings. The van der Waals surface area contributed by atoms with Gasteiger partial charge in [0.25, 0.3) is 0 Å². The molecule has 7 rings (SSSR count). The fourth-order valence-electron chi connectivity index (χ4n) is 8.28. The van der Waals surface area contributed by atoms with Crippen LogP contribution in [0.5, 0.6) is 6.01 Å². The first-order chi connectivity index (χ1) is 25.7. The van der Waals surface area contributed by atoms with Gasteiger partial charge in [0, 0.05) is 49.8 Å². The summed E-state index contributed by atoms with van der Waals surface area (Å²) in [4.78, 5) is 30.6. The van der Waals surface area contributed by atoms with Crippen LogP contribution in [0.4, 0.5) is 29.5 Å². The highest BCUT2D eigenvalue weighted by atomic mass is 19.4. The van der Waals surface area contributed by atoms with Crippen molar-refractivity contribution in [1.29, 1.82) is 5.26 Å². The van der Waals surface area contributed by atoms with Crippen LogP contribution in [0.2, 0.25) is 0 Å². The van der Waals surface area contributed by atoms with Crippen molar-refractivity contribution in [3.8, 4) is 12.1 Å². The van der Waals surface area contributed by atoms with E-state index >= 15 is 0 Å². The average molecular weight is 754 g/mol. The standard InChI is InChI=1S/C38H50F3N9O4/c1-24-19-30-28(20-43-50(30)31-10-6-7-18-52-31)33(32(24)38(39,40)41)47-15-12-27-29(22-47)44-35(53-23-26-9-8-14-46(26)5)45-34(27)48-16-17-49(25(21-48)11-13-42)36(51)54-37(2,3)4/h19-20,25-26,31H,6-12,14-18,21-23H2,1-5H3/t25-,26-,31?/m0/s1. The number of rotatable bonds is 7. The molecule has 3 aromatic rings. The fourth-order valence-corrected chi connectivity index (χ4v) is 8.28. The van der Waals surface area contributed by atoms with Crippen molar-refractivity contribution in [2.24, 2.45) is 0 Å². The number of fused-ring (bicyclic) bond motifs is 2. The van der Waals surface area contributed by atoms with Crippen LogP contribution in [0, 0.1) is 18.3 Å². The van der Waals surface area contributed by atoms with Gasteiger partial charge in [-0.25, -0.2) is 9.48 Å². The fraction of sp³-hybridized carbons (Fsp3) is 0.658. The molecule has 4 aliphatic rings. The third-order valence-corrected chi connectivity index (χ3v) is 10.9. The maximum absolute atomic E-state index is 15.0. The van der Waals surface area contributed by atoms with Crippen LogP contribution in [0.25, 0.3) is 10.9 Å². The molecular formula is C38H50F3N9O4. The topological polar surface area (TPSA) is 125 Å². The normalized spacial score (nSPS) is 22.7. The van der Waals surface area contributed by atoms with Gasteiger partial charge < -0.3 is 33.8 Å². The molecule has 6 heterocycles. The van der Waals surface area contributed by atoms with Gasteiger partial charge in [-0.1, -0.05) is 0 Å². The quantitative estimate of drug-likeness (QED) is 0.273. The molecule has 3 saturated heterocycles. The number of piperazine rings is 1. The highest BCUT2D eigenvalue weighted by Crippen LogP contribution is 2.46. The van der Waals surface area contributed by atoms with Gasteiger partial charge in [0.05, 0.1) is 53.7 Å². The van der Waals surface area contributed by atoms with Gasteiger partial charge in [-0.2, -0.15) is 33.5 Å². The summed E-state index contributed by atoms with van der Waals surface area (Å²) in [5, 5.41) is 14.7. The minimum Gasteiger partial charge on any atom is -0.462 e. The Morgan fingerprint density at radius 1 is 1.06 bits per heavy atom. The van der Waals surface area contributed by atoms with Gasteiger partial charge >= 0.3 is 18.3 Å². The summed E-state index contributed by atoms with van der Waals surface area (Å²) in [5.41, 5.74) is 0.830. The summed E-state index contributed by atoms with van der Waals surface area (Å²) in [6, 6.07) is 3.69. The Labute approximate surface area is 313 Å². The van der Waals surface area contributed by atoms with Gasteiger partial charge in [0.15, 0.2) is 6.23 Å². The van der Waals surface area contributed by atoms with Crippen molar-refractivity contribution in [3.05, 3.63) is 34.6 Å². The lowest BCUT2D eigenvalue weighted by molar-refractivity contribution is -0.137. The lowest BCUT2D eigenvalue weighted by Gasteiger charge is -2.42. The molecule has 0 bridgehead atoms. The number of alkyl halides is 3. The zero-order chi connectivity index (χ0) is 38.4. The minimum atomic E-state index is -4.61. The van der Waals surface area contributed by atoms with E-state index in [-0.39, 0.29) is 49.0 Å². The molecule has 3 atom stereocenters. The number of ether oxygens (including phenoxy) is 3. The number of amides is 1. The van der Waals surface area contributed by atoms with Crippen molar-refractivity contribution in [2.75, 3.05) is 62.8 Å². The highest BCUT2D eigenvalue weighted by Gasteiger charge is 2.41. The van der Waals surface area contributed by atoms with E-state index < -0.39 is 29.5 Å². The van der Waals surface area contributed by atoms with Crippen molar-refractivity contribution in [2.45, 2.75) is 109 Å². The number of anilines is 2. The van der Waals surface area contributed by atoms with E-state index in [0.29, 0.717) is 61.7 Å². The summed E-state index contributed by atoms with van der Waals surface area (Å²) in [7, 11) is 2.06. The van der Waals surface area contributed by atoms with E-state index in [2.05, 4.69) is 23.1 Å². The SMILES string of the molecule is Cc1cc2c(cnn2C2CCCCO2)c(N2CCc3c(nc(OC[C@@H]4CCCN4C)nc3N3CCN(C(=O)OC(C)(C)C)[C@@H](CC#N)C3)C2)c1C(F)(F)F. The van der Waals surface area contributed by atoms with Gasteiger partial charge in [-0.15, -0.1) is 0 Å². The van der Waals surface area contributed by atoms with Crippen LogP contribution in [0.3, 0.4) is 0 Å². The summed E-state index contributed by atoms with van der Waals surface area (Å²) in [6.45, 7) is 10.3. The Morgan fingerprint density at radius 2 is 1.87 bits per heavy atom. The summed E-state index contributed by atoms with van der Waals surface area (Å²) in [6.07, 6.45) is 1.26. The average Bonchev–Trinajstić information content (AvgIpc) is 3.74. The van der Waals surface area contributed by atoms with E-state index in [1.165, 1.54) is 13.1 Å². The molecule has 13 nitrogen and oxygen atoms in total. The first kappa shape index (κ1) is 37.9. The zero-order valence-electron chi connectivity index (χ0n) is 31.8. The highest BCUT2D eigenvalue weighted by molar-refractivity contribution is 5.95. The number of aryl methyl sites for hydroxylation is 1. The Balaban J connectivity index is 1.26. The summed E-state index contributed by atoms with van der Waals surface area (Å²) >= 11 is 0. The largest absolute Gasteiger partial charge is 0.462 e. The lowest BCUT2D eigenvalue weighted by Crippen LogP contribution is -2.56. The van der Waals surface area contributed by atoms with Crippen molar-refractivity contribution >= 4 is 28.5 Å². The number of carbonyl (C=O) groups excluding carboxylic acids is 1. The molecular weight excluding hydrogens is 703 g/mol. The maximum Gasteiger partial charge on any atom is 0.418 e. The predicted octanol–water partition coefficient (Wildman–Crippen LogP) is 6.23. The first-order valence-corrected chi connectivity index (χ1v) is 19.0. The number of likely N-dealkylation sites (N-methyl/N-ethyl adjacent to an activating group) is 1. The number of likely N-dealkylation sites (tertiary alicyclic amines) is 1. The molecule has 0 spiro atoms. The molecule has 1 unspecified atom stereocenters. The number of hydrogen-bond donors (Lipinski definition) is 0. The molecule has 1 amide bonds. The van der Waals surface area contributed by atoms with Crippen molar-refractivity contribution < 1.29 is 32.2 Å². The van der Waals surface area contributed by atoms with Crippen LogP contribution in [-0.2, 0) is 28.6 Å². The Bertz CT molecular complexity index is 1900. The Morgan fingerprint density at radius 3 is 2.56 bits per heavy atom. The number of hydrogen-bond acceptors (Lipinski definition) is 11. The molecule has 1 aromatic carbocycles. The maximum atomic E-state index is 15.0. The second-order valence-electron chi connectivity index (χ2n) is 15.9. The number of halogens is 3. The van der Waals surface area contributed by atoms with E-state index in [0.717, 1.165) is 44.2 Å². The first-order valence-electron chi connectivity index (χ1n) is 19.0. The third kappa shape index (κ3) is 7.75. The minimum absolute atomic E-state index is 0.0838. The van der Waals surface area contributed by atoms with Crippen molar-refractivity contribution in [1.82, 2.24) is 29.5 Å². The van der Waals surface area contributed by atoms with E-state index in [1.54, 1.807) is 41.3 Å². The van der Waals surface area contributed by atoms with Gasteiger partial charge in [-0.3, -0.25) is 0 Å². The third-order valence-electron chi connectivity index (χ3n) is 10.9. The number of aromatic nitrogens is 4. The van der Waals surface area contributed by atoms with Crippen LogP contribution < -0.4 is 14.5 Å². The predicted molar refractivity (Wildman–Crippen MR) is 195 cm³/mol. The number of nitrogens with zero attached hydrogens (tertiary/aromatic N) is 9. The van der Waals surface area contributed by atoms with E-state index in [1.807, 2.05) is 4.90 Å². The molecule has 16 heteroatoms. The Kier molecular flexibility index (Phi) is 10.6. The van der Waals surface area contributed by atoms with Crippen LogP contribution in [0.15, 0.2) is 12.3 Å². The van der Waals surface area contributed by atoms with Crippen LogP contribution in [0.1, 0.15) is 87.9 Å². The van der Waals surface area contributed by atoms with Crippen LogP contribution in [-0.4, -0.2) is 106 Å². The number of benzene rings is 1. The molecule has 2 aromatic heterocycles. The molecule has 0 radical (unpaired) electrons. The van der Waals surface area contributed by atoms with Gasteiger partial charge in [-0.05, 0) is 91.4 Å². The second-order valence-corrected chi connectivity index (χ2v) is 15.9. The van der Waals surface area contributed by atoms with Gasteiger partial charge in [0.1, 0.15) is 18.0 Å². The lowest BCUT2D eigenvalue weighted by atomic mass is 9.97. The molecule has 0 N–H and O–H groups in total. The van der Waals surface area contributed by atoms with E-state index in [4.69, 9.17) is 24.2 Å². The van der Waals surface area contributed by atoms with E-state index in [9.17, 15) is 23.2 Å². The number of nitriles is 1. The molecule has 54 heavy (non-hydrogen) atoms. The Hall–Kier alpha value is -4.36.